The minimum Gasteiger partial charge on any atom is -0.493 e. The average Bonchev–Trinajstić information content (AvgIpc) is 2.41. The topological polar surface area (TPSA) is 78.7 Å². The van der Waals surface area contributed by atoms with Crippen LogP contribution in [-0.2, 0) is 4.74 Å². The van der Waals surface area contributed by atoms with Crippen molar-refractivity contribution < 1.29 is 32.4 Å². The molecular weight excluding hydrogens is 295 g/mol. The molecule has 0 aliphatic rings. The van der Waals surface area contributed by atoms with E-state index in [1.54, 1.807) is 0 Å². The summed E-state index contributed by atoms with van der Waals surface area (Å²) in [4.78, 5) is 20.7. The van der Waals surface area contributed by atoms with E-state index < -0.39 is 17.7 Å². The molecular formula is C12H12F3NO5. The fraction of sp³-hybridized carbons (Fsp3) is 0.417. The van der Waals surface area contributed by atoms with Gasteiger partial charge in [-0.25, -0.2) is 0 Å². The number of carbonyl (C=O) groups is 1. The molecule has 1 rings (SSSR count). The highest BCUT2D eigenvalue weighted by Gasteiger charge is 2.27. The lowest BCUT2D eigenvalue weighted by atomic mass is 10.2. The van der Waals surface area contributed by atoms with Gasteiger partial charge in [-0.2, -0.15) is 13.2 Å². The summed E-state index contributed by atoms with van der Waals surface area (Å²) in [5.41, 5.74) is -0.252. The monoisotopic (exact) mass is 307 g/mol. The lowest BCUT2D eigenvalue weighted by Gasteiger charge is -2.09. The molecule has 116 valence electrons. The largest absolute Gasteiger partial charge is 0.493 e. The van der Waals surface area contributed by atoms with Crippen molar-refractivity contribution in [3.8, 4) is 5.75 Å². The molecule has 0 aliphatic heterocycles. The number of rotatable bonds is 8. The van der Waals surface area contributed by atoms with Crippen molar-refractivity contribution in [2.24, 2.45) is 0 Å². The summed E-state index contributed by atoms with van der Waals surface area (Å²) in [6.45, 7) is -1.45. The van der Waals surface area contributed by atoms with Crippen molar-refractivity contribution >= 4 is 12.0 Å². The van der Waals surface area contributed by atoms with Gasteiger partial charge in [0.05, 0.1) is 23.7 Å². The third-order valence-electron chi connectivity index (χ3n) is 2.29. The van der Waals surface area contributed by atoms with Gasteiger partial charge >= 0.3 is 6.18 Å². The van der Waals surface area contributed by atoms with Crippen LogP contribution in [-0.4, -0.2) is 37.2 Å². The highest BCUT2D eigenvalue weighted by molar-refractivity contribution is 5.80. The van der Waals surface area contributed by atoms with Crippen molar-refractivity contribution in [3.63, 3.8) is 0 Å². The second kappa shape index (κ2) is 7.58. The molecule has 9 heteroatoms. The van der Waals surface area contributed by atoms with Gasteiger partial charge in [-0.1, -0.05) is 0 Å². The Bertz CT molecular complexity index is 504. The van der Waals surface area contributed by atoms with Crippen LogP contribution in [0, 0.1) is 10.1 Å². The number of alkyl halides is 3. The van der Waals surface area contributed by atoms with Crippen LogP contribution < -0.4 is 4.74 Å². The zero-order valence-corrected chi connectivity index (χ0v) is 10.8. The van der Waals surface area contributed by atoms with Gasteiger partial charge in [-0.05, 0) is 6.07 Å². The SMILES string of the molecule is O=Cc1cc([N+](=O)[O-])ccc1OCCCOCC(F)(F)F. The number of carbonyl (C=O) groups excluding carboxylic acids is 1. The Morgan fingerprint density at radius 3 is 2.57 bits per heavy atom. The van der Waals surface area contributed by atoms with E-state index in [0.29, 0.717) is 6.29 Å². The van der Waals surface area contributed by atoms with Gasteiger partial charge < -0.3 is 9.47 Å². The Kier molecular flexibility index (Phi) is 6.10. The first-order valence-electron chi connectivity index (χ1n) is 5.84. The van der Waals surface area contributed by atoms with E-state index in [0.717, 1.165) is 6.07 Å². The standard InChI is InChI=1S/C12H12F3NO5/c13-12(14,15)8-20-4-1-5-21-11-3-2-10(16(18)19)6-9(11)7-17/h2-3,6-7H,1,4-5,8H2. The van der Waals surface area contributed by atoms with Gasteiger partial charge in [0.1, 0.15) is 12.4 Å². The molecule has 0 atom stereocenters. The number of nitro benzene ring substituents is 1. The Balaban J connectivity index is 2.42. The van der Waals surface area contributed by atoms with Crippen LogP contribution in [0.2, 0.25) is 0 Å². The third-order valence-corrected chi connectivity index (χ3v) is 2.29. The fourth-order valence-corrected chi connectivity index (χ4v) is 1.40. The molecule has 0 fully saturated rings. The number of hydrogen-bond donors (Lipinski definition) is 0. The molecule has 0 N–H and O–H groups in total. The van der Waals surface area contributed by atoms with E-state index in [2.05, 4.69) is 4.74 Å². The van der Waals surface area contributed by atoms with E-state index in [-0.39, 0.29) is 36.6 Å². The molecule has 0 bridgehead atoms. The highest BCUT2D eigenvalue weighted by Crippen LogP contribution is 2.22. The van der Waals surface area contributed by atoms with E-state index in [9.17, 15) is 28.1 Å². The molecule has 0 radical (unpaired) electrons. The lowest BCUT2D eigenvalue weighted by Crippen LogP contribution is -2.18. The Labute approximate surface area is 117 Å². The molecule has 6 nitrogen and oxygen atoms in total. The summed E-state index contributed by atoms with van der Waals surface area (Å²) in [6.07, 6.45) is -3.78. The normalized spacial score (nSPS) is 11.2. The average molecular weight is 307 g/mol. The zero-order chi connectivity index (χ0) is 15.9. The molecule has 0 aromatic heterocycles. The minimum atomic E-state index is -4.37. The smallest absolute Gasteiger partial charge is 0.411 e. The van der Waals surface area contributed by atoms with Gasteiger partial charge in [-0.3, -0.25) is 14.9 Å². The molecule has 0 aliphatic carbocycles. The van der Waals surface area contributed by atoms with Crippen molar-refractivity contribution in [1.82, 2.24) is 0 Å². The first kappa shape index (κ1) is 16.9. The van der Waals surface area contributed by atoms with Gasteiger partial charge in [0, 0.05) is 18.6 Å². The number of aldehydes is 1. The van der Waals surface area contributed by atoms with Crippen LogP contribution in [0.3, 0.4) is 0 Å². The second-order valence-electron chi connectivity index (χ2n) is 3.97. The minimum absolute atomic E-state index is 0.000380. The molecule has 0 heterocycles. The maximum Gasteiger partial charge on any atom is 0.411 e. The van der Waals surface area contributed by atoms with Crippen molar-refractivity contribution in [2.75, 3.05) is 19.8 Å². The van der Waals surface area contributed by atoms with E-state index in [1.165, 1.54) is 12.1 Å². The van der Waals surface area contributed by atoms with Crippen LogP contribution >= 0.6 is 0 Å². The Hall–Kier alpha value is -2.16. The molecule has 0 amide bonds. The Morgan fingerprint density at radius 1 is 1.29 bits per heavy atom. The van der Waals surface area contributed by atoms with Gasteiger partial charge in [-0.15, -0.1) is 0 Å². The van der Waals surface area contributed by atoms with E-state index in [1.807, 2.05) is 0 Å². The number of non-ortho nitro benzene ring substituents is 1. The number of nitrogens with zero attached hydrogens (tertiary/aromatic N) is 1. The van der Waals surface area contributed by atoms with Crippen LogP contribution in [0.15, 0.2) is 18.2 Å². The lowest BCUT2D eigenvalue weighted by molar-refractivity contribution is -0.384. The molecule has 0 spiro atoms. The summed E-state index contributed by atoms with van der Waals surface area (Å²) in [6, 6.07) is 3.49. The van der Waals surface area contributed by atoms with Crippen LogP contribution in [0.5, 0.6) is 5.75 Å². The van der Waals surface area contributed by atoms with Crippen LogP contribution in [0.1, 0.15) is 16.8 Å². The Morgan fingerprint density at radius 2 is 2.00 bits per heavy atom. The number of halogens is 3. The molecule has 21 heavy (non-hydrogen) atoms. The molecule has 1 aromatic carbocycles. The van der Waals surface area contributed by atoms with Crippen molar-refractivity contribution in [2.45, 2.75) is 12.6 Å². The van der Waals surface area contributed by atoms with Crippen molar-refractivity contribution in [1.29, 1.82) is 0 Å². The maximum atomic E-state index is 11.8. The zero-order valence-electron chi connectivity index (χ0n) is 10.8. The summed E-state index contributed by atoms with van der Waals surface area (Å²) in [5, 5.41) is 10.5. The van der Waals surface area contributed by atoms with Gasteiger partial charge in [0.15, 0.2) is 6.29 Å². The predicted octanol–water partition coefficient (Wildman–Crippen LogP) is 2.76. The first-order chi connectivity index (χ1) is 9.83. The van der Waals surface area contributed by atoms with Crippen molar-refractivity contribution in [3.05, 3.63) is 33.9 Å². The molecule has 0 unspecified atom stereocenters. The number of ether oxygens (including phenoxy) is 2. The van der Waals surface area contributed by atoms with E-state index in [4.69, 9.17) is 4.74 Å². The molecule has 0 saturated carbocycles. The first-order valence-corrected chi connectivity index (χ1v) is 5.84. The fourth-order valence-electron chi connectivity index (χ4n) is 1.40. The van der Waals surface area contributed by atoms with Gasteiger partial charge in [0.2, 0.25) is 0 Å². The summed E-state index contributed by atoms with van der Waals surface area (Å²) < 4.78 is 44.9. The number of nitro groups is 1. The maximum absolute atomic E-state index is 11.8. The summed E-state index contributed by atoms with van der Waals surface area (Å²) in [7, 11) is 0. The number of benzene rings is 1. The van der Waals surface area contributed by atoms with Crippen LogP contribution in [0.25, 0.3) is 0 Å². The third kappa shape index (κ3) is 6.21. The quantitative estimate of drug-likeness (QED) is 0.319. The van der Waals surface area contributed by atoms with Gasteiger partial charge in [0.25, 0.3) is 5.69 Å². The highest BCUT2D eigenvalue weighted by atomic mass is 19.4. The number of hydrogen-bond acceptors (Lipinski definition) is 5. The molecule has 0 saturated heterocycles. The predicted molar refractivity (Wildman–Crippen MR) is 65.5 cm³/mol. The molecule has 1 aromatic rings. The summed E-state index contributed by atoms with van der Waals surface area (Å²) >= 11 is 0. The van der Waals surface area contributed by atoms with E-state index >= 15 is 0 Å². The van der Waals surface area contributed by atoms with Crippen LogP contribution in [0.4, 0.5) is 18.9 Å². The second-order valence-corrected chi connectivity index (χ2v) is 3.97. The summed E-state index contributed by atoms with van der Waals surface area (Å²) in [5.74, 6) is 0.131.